The maximum Gasteiger partial charge on any atom is 0.242 e. The lowest BCUT2D eigenvalue weighted by Gasteiger charge is -2.49. The molecule has 162 valence electrons. The van der Waals surface area contributed by atoms with E-state index in [0.717, 1.165) is 51.8 Å². The maximum atomic E-state index is 12.7. The molecular formula is C19H37IN6O2. The number of carbonyl (C=O) groups excluding carboxylic acids is 2. The van der Waals surface area contributed by atoms with Crippen molar-refractivity contribution in [3.05, 3.63) is 0 Å². The Balaban J connectivity index is 0.00000392. The zero-order chi connectivity index (χ0) is 20.2. The fourth-order valence-corrected chi connectivity index (χ4v) is 4.26. The minimum atomic E-state index is -0.232. The molecule has 0 aromatic rings. The molecule has 0 spiro atoms. The van der Waals surface area contributed by atoms with E-state index in [1.165, 1.54) is 0 Å². The van der Waals surface area contributed by atoms with E-state index in [1.54, 1.807) is 14.0 Å². The van der Waals surface area contributed by atoms with Gasteiger partial charge < -0.3 is 20.0 Å². The van der Waals surface area contributed by atoms with Gasteiger partial charge in [0.2, 0.25) is 11.8 Å². The summed E-state index contributed by atoms with van der Waals surface area (Å²) in [7, 11) is 1.76. The van der Waals surface area contributed by atoms with Gasteiger partial charge in [0.25, 0.3) is 0 Å². The number of hydrogen-bond acceptors (Lipinski definition) is 4. The quantitative estimate of drug-likeness (QED) is 0.344. The second-order valence-corrected chi connectivity index (χ2v) is 8.35. The molecular weight excluding hydrogens is 471 g/mol. The van der Waals surface area contributed by atoms with E-state index in [2.05, 4.69) is 47.8 Å². The fraction of sp³-hybridized carbons (Fsp3) is 0.842. The molecule has 2 aliphatic rings. The number of guanidine groups is 1. The Morgan fingerprint density at radius 2 is 1.79 bits per heavy atom. The molecule has 2 amide bonds. The predicted molar refractivity (Wildman–Crippen MR) is 123 cm³/mol. The first kappa shape index (κ1) is 24.9. The van der Waals surface area contributed by atoms with Crippen LogP contribution in [0.25, 0.3) is 0 Å². The smallest absolute Gasteiger partial charge is 0.242 e. The van der Waals surface area contributed by atoms with Crippen LogP contribution in [0.3, 0.4) is 0 Å². The van der Waals surface area contributed by atoms with Gasteiger partial charge in [-0.3, -0.25) is 19.5 Å². The number of aliphatic imine (C=N–C) groups is 1. The maximum absolute atomic E-state index is 12.7. The molecule has 0 aromatic heterocycles. The van der Waals surface area contributed by atoms with E-state index in [-0.39, 0.29) is 47.4 Å². The number of nitrogens with zero attached hydrogens (tertiary/aromatic N) is 5. The molecule has 0 unspecified atom stereocenters. The van der Waals surface area contributed by atoms with Gasteiger partial charge in [-0.2, -0.15) is 0 Å². The van der Waals surface area contributed by atoms with E-state index in [0.29, 0.717) is 6.54 Å². The van der Waals surface area contributed by atoms with Crippen LogP contribution in [0.1, 0.15) is 34.6 Å². The lowest BCUT2D eigenvalue weighted by atomic mass is 9.96. The van der Waals surface area contributed by atoms with Gasteiger partial charge >= 0.3 is 0 Å². The van der Waals surface area contributed by atoms with E-state index >= 15 is 0 Å². The van der Waals surface area contributed by atoms with E-state index in [1.807, 2.05) is 9.80 Å². The van der Waals surface area contributed by atoms with Gasteiger partial charge in [-0.25, -0.2) is 0 Å². The van der Waals surface area contributed by atoms with Crippen LogP contribution in [-0.2, 0) is 9.59 Å². The largest absolute Gasteiger partial charge is 0.355 e. The number of carbonyl (C=O) groups is 2. The highest BCUT2D eigenvalue weighted by Gasteiger charge is 2.40. The zero-order valence-corrected chi connectivity index (χ0v) is 20.5. The Bertz CT molecular complexity index is 573. The van der Waals surface area contributed by atoms with Gasteiger partial charge in [0.15, 0.2) is 5.96 Å². The summed E-state index contributed by atoms with van der Waals surface area (Å²) < 4.78 is 0. The molecule has 0 saturated carbocycles. The standard InChI is InChI=1S/C19H36N6O2.HI/c1-15(2)25-17(27)13-24(14-19(25,4)5)18(20-6)21-7-8-22-9-11-23(12-10-22)16(3)26;/h15H,7-14H2,1-6H3,(H,20,21);1H. The van der Waals surface area contributed by atoms with Crippen molar-refractivity contribution in [1.29, 1.82) is 0 Å². The molecule has 0 atom stereocenters. The summed E-state index contributed by atoms with van der Waals surface area (Å²) in [5.41, 5.74) is -0.232. The summed E-state index contributed by atoms with van der Waals surface area (Å²) in [6, 6.07) is 0.193. The minimum absolute atomic E-state index is 0. The first-order valence-corrected chi connectivity index (χ1v) is 9.91. The van der Waals surface area contributed by atoms with Crippen LogP contribution in [0.5, 0.6) is 0 Å². The molecule has 0 aromatic carbocycles. The van der Waals surface area contributed by atoms with Crippen molar-refractivity contribution in [2.24, 2.45) is 4.99 Å². The van der Waals surface area contributed by atoms with Gasteiger partial charge in [-0.05, 0) is 27.7 Å². The van der Waals surface area contributed by atoms with Crippen molar-refractivity contribution in [3.63, 3.8) is 0 Å². The summed E-state index contributed by atoms with van der Waals surface area (Å²) in [6.45, 7) is 16.2. The number of amides is 2. The summed E-state index contributed by atoms with van der Waals surface area (Å²) in [5.74, 6) is 1.08. The molecule has 2 fully saturated rings. The van der Waals surface area contributed by atoms with E-state index in [4.69, 9.17) is 0 Å². The van der Waals surface area contributed by atoms with Crippen molar-refractivity contribution >= 4 is 41.8 Å². The Morgan fingerprint density at radius 1 is 1.18 bits per heavy atom. The number of nitrogens with one attached hydrogen (secondary N) is 1. The first-order valence-electron chi connectivity index (χ1n) is 9.91. The van der Waals surface area contributed by atoms with Gasteiger partial charge in [-0.15, -0.1) is 24.0 Å². The second-order valence-electron chi connectivity index (χ2n) is 8.35. The molecule has 0 aliphatic carbocycles. The van der Waals surface area contributed by atoms with Crippen LogP contribution in [0.2, 0.25) is 0 Å². The molecule has 1 N–H and O–H groups in total. The summed E-state index contributed by atoms with van der Waals surface area (Å²) in [6.07, 6.45) is 0. The van der Waals surface area contributed by atoms with Crippen molar-refractivity contribution in [2.45, 2.75) is 46.2 Å². The van der Waals surface area contributed by atoms with Gasteiger partial charge in [0, 0.05) is 65.8 Å². The average Bonchev–Trinajstić information content (AvgIpc) is 2.57. The molecule has 28 heavy (non-hydrogen) atoms. The lowest BCUT2D eigenvalue weighted by Crippen LogP contribution is -2.66. The molecule has 2 heterocycles. The van der Waals surface area contributed by atoms with Crippen molar-refractivity contribution < 1.29 is 9.59 Å². The number of hydrogen-bond donors (Lipinski definition) is 1. The normalized spacial score (nSPS) is 21.0. The van der Waals surface area contributed by atoms with Crippen LogP contribution in [0.4, 0.5) is 0 Å². The first-order chi connectivity index (χ1) is 12.7. The van der Waals surface area contributed by atoms with Crippen molar-refractivity contribution in [3.8, 4) is 0 Å². The number of rotatable bonds is 4. The van der Waals surface area contributed by atoms with Crippen LogP contribution in [0, 0.1) is 0 Å². The summed E-state index contributed by atoms with van der Waals surface area (Å²) in [5, 5.41) is 3.41. The predicted octanol–water partition coefficient (Wildman–Crippen LogP) is 0.675. The monoisotopic (exact) mass is 508 g/mol. The van der Waals surface area contributed by atoms with Gasteiger partial charge in [0.05, 0.1) is 12.1 Å². The molecule has 2 saturated heterocycles. The fourth-order valence-electron chi connectivity index (χ4n) is 4.26. The SMILES string of the molecule is CN=C(NCCN1CCN(C(C)=O)CC1)N1CC(=O)N(C(C)C)C(C)(C)C1.I. The highest BCUT2D eigenvalue weighted by molar-refractivity contribution is 14.0. The zero-order valence-electron chi connectivity index (χ0n) is 18.2. The summed E-state index contributed by atoms with van der Waals surface area (Å²) in [4.78, 5) is 36.7. The third-order valence-electron chi connectivity index (χ3n) is 5.38. The lowest BCUT2D eigenvalue weighted by molar-refractivity contribution is -0.145. The molecule has 2 aliphatic heterocycles. The van der Waals surface area contributed by atoms with Crippen LogP contribution in [-0.4, -0.2) is 108 Å². The topological polar surface area (TPSA) is 71.5 Å². The number of piperazine rings is 2. The van der Waals surface area contributed by atoms with E-state index < -0.39 is 0 Å². The van der Waals surface area contributed by atoms with E-state index in [9.17, 15) is 9.59 Å². The van der Waals surface area contributed by atoms with Gasteiger partial charge in [0.1, 0.15) is 0 Å². The van der Waals surface area contributed by atoms with Crippen LogP contribution < -0.4 is 5.32 Å². The van der Waals surface area contributed by atoms with Crippen LogP contribution >= 0.6 is 24.0 Å². The molecule has 2 rings (SSSR count). The summed E-state index contributed by atoms with van der Waals surface area (Å²) >= 11 is 0. The Hall–Kier alpha value is -1.10. The minimum Gasteiger partial charge on any atom is -0.355 e. The molecule has 9 heteroatoms. The third-order valence-corrected chi connectivity index (χ3v) is 5.38. The highest BCUT2D eigenvalue weighted by Crippen LogP contribution is 2.24. The second kappa shape index (κ2) is 10.6. The van der Waals surface area contributed by atoms with Gasteiger partial charge in [-0.1, -0.05) is 0 Å². The third kappa shape index (κ3) is 6.20. The molecule has 8 nitrogen and oxygen atoms in total. The Morgan fingerprint density at radius 3 is 2.25 bits per heavy atom. The average molecular weight is 508 g/mol. The van der Waals surface area contributed by atoms with Crippen molar-refractivity contribution in [2.75, 3.05) is 59.4 Å². The molecule has 0 radical (unpaired) electrons. The number of halogens is 1. The molecule has 0 bridgehead atoms. The Kier molecular flexibility index (Phi) is 9.45. The Labute approximate surface area is 186 Å². The van der Waals surface area contributed by atoms with Crippen LogP contribution in [0.15, 0.2) is 4.99 Å². The van der Waals surface area contributed by atoms with Crippen molar-refractivity contribution in [1.82, 2.24) is 24.9 Å². The highest BCUT2D eigenvalue weighted by atomic mass is 127.